The number of rotatable bonds is 8. The molecule has 0 saturated carbocycles. The molecule has 0 aliphatic carbocycles. The first-order valence-corrected chi connectivity index (χ1v) is 7.71. The summed E-state index contributed by atoms with van der Waals surface area (Å²) in [5.74, 6) is -1.46. The van der Waals surface area contributed by atoms with Gasteiger partial charge >= 0.3 is 0 Å². The highest BCUT2D eigenvalue weighted by molar-refractivity contribution is 5.27. The fraction of sp³-hybridized carbons (Fsp3) is 0.500. The number of hydrogen-bond donors (Lipinski definition) is 2. The highest BCUT2D eigenvalue weighted by atomic mass is 19.1. The maximum atomic E-state index is 14.3. The third-order valence-electron chi connectivity index (χ3n) is 3.96. The molecule has 1 aromatic carbocycles. The zero-order valence-corrected chi connectivity index (χ0v) is 13.3. The fourth-order valence-electron chi connectivity index (χ4n) is 2.52. The lowest BCUT2D eigenvalue weighted by atomic mass is 9.86. The second-order valence-corrected chi connectivity index (χ2v) is 5.67. The van der Waals surface area contributed by atoms with Crippen LogP contribution < -0.4 is 5.32 Å². The van der Waals surface area contributed by atoms with Crippen molar-refractivity contribution in [2.45, 2.75) is 44.9 Å². The average Bonchev–Trinajstić information content (AvgIpc) is 2.99. The van der Waals surface area contributed by atoms with Crippen LogP contribution in [0.2, 0.25) is 0 Å². The van der Waals surface area contributed by atoms with E-state index in [0.717, 1.165) is 25.0 Å². The summed E-state index contributed by atoms with van der Waals surface area (Å²) in [4.78, 5) is 3.84. The number of nitrogens with zero attached hydrogens (tertiary/aromatic N) is 3. The van der Waals surface area contributed by atoms with Gasteiger partial charge in [-0.2, -0.15) is 5.10 Å². The minimum absolute atomic E-state index is 0.00977. The van der Waals surface area contributed by atoms with E-state index in [1.54, 1.807) is 6.92 Å². The normalized spacial score (nSPS) is 15.3. The number of benzene rings is 1. The summed E-state index contributed by atoms with van der Waals surface area (Å²) in [7, 11) is 0. The Morgan fingerprint density at radius 1 is 1.39 bits per heavy atom. The molecule has 1 aromatic heterocycles. The molecular weight excluding hydrogens is 302 g/mol. The predicted molar refractivity (Wildman–Crippen MR) is 82.6 cm³/mol. The topological polar surface area (TPSA) is 63.0 Å². The van der Waals surface area contributed by atoms with Gasteiger partial charge in [-0.3, -0.25) is 0 Å². The Morgan fingerprint density at radius 2 is 2.17 bits per heavy atom. The zero-order valence-electron chi connectivity index (χ0n) is 13.3. The summed E-state index contributed by atoms with van der Waals surface area (Å²) in [5, 5.41) is 18.4. The highest BCUT2D eigenvalue weighted by Gasteiger charge is 2.38. The van der Waals surface area contributed by atoms with Crippen LogP contribution in [0.15, 0.2) is 30.9 Å². The zero-order chi connectivity index (χ0) is 16.9. The largest absolute Gasteiger partial charge is 0.381 e. The molecule has 23 heavy (non-hydrogen) atoms. The van der Waals surface area contributed by atoms with Crippen LogP contribution in [0.1, 0.15) is 32.3 Å². The average molecular weight is 324 g/mol. The summed E-state index contributed by atoms with van der Waals surface area (Å²) < 4.78 is 28.9. The molecule has 2 unspecified atom stereocenters. The van der Waals surface area contributed by atoms with Gasteiger partial charge in [0.15, 0.2) is 0 Å². The van der Waals surface area contributed by atoms with Crippen LogP contribution in [-0.4, -0.2) is 32.5 Å². The van der Waals surface area contributed by atoms with Gasteiger partial charge < -0.3 is 10.4 Å². The van der Waals surface area contributed by atoms with Crippen molar-refractivity contribution in [3.8, 4) is 0 Å². The smallest absolute Gasteiger partial charge is 0.137 e. The van der Waals surface area contributed by atoms with Gasteiger partial charge in [-0.15, -0.1) is 0 Å². The number of unbranched alkanes of at least 4 members (excludes halogenated alkanes) is 1. The molecule has 0 radical (unpaired) electrons. The van der Waals surface area contributed by atoms with Gasteiger partial charge in [0.25, 0.3) is 0 Å². The molecule has 7 heteroatoms. The second kappa shape index (κ2) is 7.61. The van der Waals surface area contributed by atoms with Gasteiger partial charge in [0.1, 0.15) is 29.9 Å². The molecule has 0 aliphatic rings. The summed E-state index contributed by atoms with van der Waals surface area (Å²) in [6, 6.07) is 2.74. The van der Waals surface area contributed by atoms with E-state index < -0.39 is 23.3 Å². The molecule has 126 valence electrons. The van der Waals surface area contributed by atoms with Gasteiger partial charge in [-0.05, 0) is 26.0 Å². The van der Waals surface area contributed by atoms with E-state index in [9.17, 15) is 13.9 Å². The van der Waals surface area contributed by atoms with Crippen LogP contribution in [0.3, 0.4) is 0 Å². The second-order valence-electron chi connectivity index (χ2n) is 5.67. The van der Waals surface area contributed by atoms with Crippen LogP contribution in [0.25, 0.3) is 0 Å². The maximum absolute atomic E-state index is 14.3. The molecule has 2 rings (SSSR count). The molecule has 0 spiro atoms. The minimum Gasteiger partial charge on any atom is -0.381 e. The van der Waals surface area contributed by atoms with Crippen molar-refractivity contribution in [2.75, 3.05) is 6.54 Å². The number of halogens is 2. The lowest BCUT2D eigenvalue weighted by Crippen LogP contribution is -2.50. The molecule has 2 aromatic rings. The molecule has 2 N–H and O–H groups in total. The summed E-state index contributed by atoms with van der Waals surface area (Å²) in [5.41, 5.74) is -1.55. The number of hydrogen-bond acceptors (Lipinski definition) is 4. The fourth-order valence-corrected chi connectivity index (χ4v) is 2.52. The highest BCUT2D eigenvalue weighted by Crippen LogP contribution is 2.30. The number of nitrogens with one attached hydrogen (secondary N) is 1. The first kappa shape index (κ1) is 17.5. The lowest BCUT2D eigenvalue weighted by Gasteiger charge is -2.35. The van der Waals surface area contributed by atoms with Crippen LogP contribution in [-0.2, 0) is 12.1 Å². The van der Waals surface area contributed by atoms with Crippen molar-refractivity contribution < 1.29 is 13.9 Å². The maximum Gasteiger partial charge on any atom is 0.137 e. The van der Waals surface area contributed by atoms with E-state index in [0.29, 0.717) is 6.54 Å². The van der Waals surface area contributed by atoms with Crippen molar-refractivity contribution in [3.05, 3.63) is 48.1 Å². The van der Waals surface area contributed by atoms with E-state index in [1.807, 2.05) is 0 Å². The lowest BCUT2D eigenvalue weighted by molar-refractivity contribution is -0.0200. The molecule has 0 amide bonds. The van der Waals surface area contributed by atoms with Crippen molar-refractivity contribution in [1.29, 1.82) is 0 Å². The van der Waals surface area contributed by atoms with Crippen LogP contribution in [0, 0.1) is 11.6 Å². The first-order valence-electron chi connectivity index (χ1n) is 7.71. The third-order valence-corrected chi connectivity index (χ3v) is 3.96. The van der Waals surface area contributed by atoms with Crippen molar-refractivity contribution in [3.63, 3.8) is 0 Å². The Labute approximate surface area is 134 Å². The van der Waals surface area contributed by atoms with E-state index >= 15 is 0 Å². The molecule has 0 fully saturated rings. The number of aliphatic hydroxyl groups is 1. The summed E-state index contributed by atoms with van der Waals surface area (Å²) in [6.45, 7) is 4.54. The number of aromatic nitrogens is 3. The minimum atomic E-state index is -1.58. The van der Waals surface area contributed by atoms with E-state index in [1.165, 1.54) is 23.4 Å². The van der Waals surface area contributed by atoms with Crippen molar-refractivity contribution in [2.24, 2.45) is 0 Å². The molecule has 0 saturated heterocycles. The third kappa shape index (κ3) is 4.11. The Hall–Kier alpha value is -1.86. The Kier molecular flexibility index (Phi) is 5.79. The molecular formula is C16H22F2N4O. The predicted octanol–water partition coefficient (Wildman–Crippen LogP) is 2.22. The Bertz CT molecular complexity index is 621. The molecule has 0 bridgehead atoms. The Morgan fingerprint density at radius 3 is 2.78 bits per heavy atom. The first-order chi connectivity index (χ1) is 11.0. The van der Waals surface area contributed by atoms with Crippen LogP contribution >= 0.6 is 0 Å². The quantitative estimate of drug-likeness (QED) is 0.731. The molecule has 0 aliphatic heterocycles. The molecule has 2 atom stereocenters. The van der Waals surface area contributed by atoms with Gasteiger partial charge in [-0.1, -0.05) is 19.4 Å². The molecule has 5 nitrogen and oxygen atoms in total. The SMILES string of the molecule is CCCCNC(C)C(O)(Cn1cncn1)c1ccc(F)cc1F. The van der Waals surface area contributed by atoms with Crippen molar-refractivity contribution >= 4 is 0 Å². The van der Waals surface area contributed by atoms with Crippen LogP contribution in [0.5, 0.6) is 0 Å². The van der Waals surface area contributed by atoms with E-state index in [4.69, 9.17) is 0 Å². The van der Waals surface area contributed by atoms with Crippen molar-refractivity contribution in [1.82, 2.24) is 20.1 Å². The standard InChI is InChI=1S/C16H22F2N4O/c1-3-4-7-20-12(2)16(23,9-22-11-19-10-21-22)14-6-5-13(17)8-15(14)18/h5-6,8,10-12,20,23H,3-4,7,9H2,1-2H3. The van der Waals surface area contributed by atoms with E-state index in [-0.39, 0.29) is 12.1 Å². The van der Waals surface area contributed by atoms with Gasteiger partial charge in [-0.25, -0.2) is 18.4 Å². The van der Waals surface area contributed by atoms with Crippen LogP contribution in [0.4, 0.5) is 8.78 Å². The monoisotopic (exact) mass is 324 g/mol. The summed E-state index contributed by atoms with van der Waals surface area (Å²) in [6.07, 6.45) is 4.74. The van der Waals surface area contributed by atoms with Gasteiger partial charge in [0.2, 0.25) is 0 Å². The molecule has 1 heterocycles. The summed E-state index contributed by atoms with van der Waals surface area (Å²) >= 11 is 0. The van der Waals surface area contributed by atoms with Gasteiger partial charge in [0, 0.05) is 17.7 Å². The van der Waals surface area contributed by atoms with E-state index in [2.05, 4.69) is 22.3 Å². The Balaban J connectivity index is 2.33. The van der Waals surface area contributed by atoms with Gasteiger partial charge in [0.05, 0.1) is 6.54 Å².